The summed E-state index contributed by atoms with van der Waals surface area (Å²) in [6.07, 6.45) is 0.409. The zero-order valence-electron chi connectivity index (χ0n) is 16.3. The van der Waals surface area contributed by atoms with Gasteiger partial charge in [-0.05, 0) is 27.2 Å². The van der Waals surface area contributed by atoms with Gasteiger partial charge in [0.2, 0.25) is 0 Å². The second-order valence-corrected chi connectivity index (χ2v) is 8.15. The molecule has 1 rings (SSSR count). The first-order valence-corrected chi connectivity index (χ1v) is 10.8. The van der Waals surface area contributed by atoms with E-state index in [2.05, 4.69) is 4.98 Å². The standard InChI is InChI=1S/C15H29N3O8Si/c1-5-24-27(25-6-2,26-7-3)10-8-9-17-13(19)16-14(20)18(15(17)21)11-23-12-22-4/h5-12H2,1-4H3,(H,16,19,20). The van der Waals surface area contributed by atoms with Crippen molar-refractivity contribution in [3.63, 3.8) is 0 Å². The molecule has 156 valence electrons. The molecule has 0 aromatic carbocycles. The Bertz CT molecular complexity index is 712. The molecule has 1 heterocycles. The lowest BCUT2D eigenvalue weighted by Gasteiger charge is -2.28. The predicted molar refractivity (Wildman–Crippen MR) is 98.6 cm³/mol. The van der Waals surface area contributed by atoms with E-state index < -0.39 is 25.9 Å². The highest BCUT2D eigenvalue weighted by Crippen LogP contribution is 2.18. The van der Waals surface area contributed by atoms with Gasteiger partial charge in [0.15, 0.2) is 0 Å². The number of H-pyrrole nitrogens is 1. The number of hydrogen-bond donors (Lipinski definition) is 1. The van der Waals surface area contributed by atoms with Crippen molar-refractivity contribution in [2.75, 3.05) is 33.7 Å². The van der Waals surface area contributed by atoms with Crippen molar-refractivity contribution >= 4 is 8.80 Å². The Morgan fingerprint density at radius 3 is 2.00 bits per heavy atom. The molecule has 0 aliphatic heterocycles. The topological polar surface area (TPSA) is 123 Å². The van der Waals surface area contributed by atoms with Crippen molar-refractivity contribution in [2.45, 2.75) is 46.5 Å². The maximum atomic E-state index is 12.4. The van der Waals surface area contributed by atoms with E-state index in [1.807, 2.05) is 20.8 Å². The van der Waals surface area contributed by atoms with Crippen LogP contribution < -0.4 is 17.1 Å². The Balaban J connectivity index is 2.94. The highest BCUT2D eigenvalue weighted by atomic mass is 28.4. The highest BCUT2D eigenvalue weighted by Gasteiger charge is 2.39. The van der Waals surface area contributed by atoms with E-state index in [9.17, 15) is 14.4 Å². The predicted octanol–water partition coefficient (Wildman–Crippen LogP) is -0.285. The summed E-state index contributed by atoms with van der Waals surface area (Å²) in [5, 5.41) is 0. The second-order valence-electron chi connectivity index (χ2n) is 5.42. The number of hydrogen-bond acceptors (Lipinski definition) is 8. The van der Waals surface area contributed by atoms with Crippen molar-refractivity contribution in [1.82, 2.24) is 14.1 Å². The van der Waals surface area contributed by atoms with Gasteiger partial charge in [-0.3, -0.25) is 4.98 Å². The average Bonchev–Trinajstić information content (AvgIpc) is 2.61. The molecule has 11 nitrogen and oxygen atoms in total. The van der Waals surface area contributed by atoms with Gasteiger partial charge in [0.1, 0.15) is 13.5 Å². The lowest BCUT2D eigenvalue weighted by Crippen LogP contribution is -2.50. The number of rotatable bonds is 14. The third kappa shape index (κ3) is 6.83. The van der Waals surface area contributed by atoms with E-state index in [4.69, 9.17) is 22.8 Å². The molecule has 1 N–H and O–H groups in total. The van der Waals surface area contributed by atoms with Gasteiger partial charge in [-0.2, -0.15) is 0 Å². The molecule has 0 amide bonds. The SMILES string of the molecule is CCO[Si](CCCn1c(=O)[nH]c(=O)n(COCOC)c1=O)(OCC)OCC. The summed E-state index contributed by atoms with van der Waals surface area (Å²) in [6, 6.07) is 0.438. The van der Waals surface area contributed by atoms with Crippen LogP contribution in [0.3, 0.4) is 0 Å². The fourth-order valence-corrected chi connectivity index (χ4v) is 5.12. The van der Waals surface area contributed by atoms with Gasteiger partial charge in [0.25, 0.3) is 0 Å². The maximum absolute atomic E-state index is 12.4. The molecule has 0 saturated carbocycles. The summed E-state index contributed by atoms with van der Waals surface area (Å²) < 4.78 is 28.7. The number of ether oxygens (including phenoxy) is 2. The molecule has 12 heteroatoms. The number of aromatic nitrogens is 3. The monoisotopic (exact) mass is 407 g/mol. The van der Waals surface area contributed by atoms with Gasteiger partial charge < -0.3 is 22.8 Å². The van der Waals surface area contributed by atoms with Crippen molar-refractivity contribution < 1.29 is 22.8 Å². The van der Waals surface area contributed by atoms with Crippen molar-refractivity contribution in [2.24, 2.45) is 0 Å². The number of nitrogens with one attached hydrogen (secondary N) is 1. The zero-order valence-corrected chi connectivity index (χ0v) is 17.3. The quantitative estimate of drug-likeness (QED) is 0.254. The molecule has 0 atom stereocenters. The van der Waals surface area contributed by atoms with E-state index in [0.717, 1.165) is 9.13 Å². The molecule has 1 aromatic rings. The molecular weight excluding hydrogens is 378 g/mol. The highest BCUT2D eigenvalue weighted by molar-refractivity contribution is 6.60. The molecule has 0 bridgehead atoms. The summed E-state index contributed by atoms with van der Waals surface area (Å²) in [4.78, 5) is 38.4. The van der Waals surface area contributed by atoms with Gasteiger partial charge in [0, 0.05) is 39.5 Å². The normalized spacial score (nSPS) is 11.9. The first-order chi connectivity index (χ1) is 12.9. The van der Waals surface area contributed by atoms with Crippen molar-refractivity contribution in [3.05, 3.63) is 31.5 Å². The van der Waals surface area contributed by atoms with Crippen LogP contribution in [0.1, 0.15) is 27.2 Å². The fraction of sp³-hybridized carbons (Fsp3) is 0.800. The summed E-state index contributed by atoms with van der Waals surface area (Å²) in [7, 11) is -1.46. The van der Waals surface area contributed by atoms with Crippen LogP contribution in [0, 0.1) is 0 Å². The maximum Gasteiger partial charge on any atom is 0.500 e. The third-order valence-electron chi connectivity index (χ3n) is 3.54. The van der Waals surface area contributed by atoms with E-state index in [-0.39, 0.29) is 20.1 Å². The van der Waals surface area contributed by atoms with Gasteiger partial charge in [-0.1, -0.05) is 0 Å². The van der Waals surface area contributed by atoms with Crippen LogP contribution in [-0.2, 0) is 36.0 Å². The van der Waals surface area contributed by atoms with Crippen LogP contribution in [0.2, 0.25) is 6.04 Å². The zero-order chi connectivity index (χ0) is 20.3. The van der Waals surface area contributed by atoms with E-state index >= 15 is 0 Å². The summed E-state index contributed by atoms with van der Waals surface area (Å²) >= 11 is 0. The molecule has 0 aliphatic rings. The van der Waals surface area contributed by atoms with E-state index in [1.165, 1.54) is 7.11 Å². The summed E-state index contributed by atoms with van der Waals surface area (Å²) in [5.74, 6) is 0. The molecule has 0 unspecified atom stereocenters. The number of nitrogens with zero attached hydrogens (tertiary/aromatic N) is 2. The van der Waals surface area contributed by atoms with Crippen LogP contribution >= 0.6 is 0 Å². The molecular formula is C15H29N3O8Si. The Kier molecular flexibility index (Phi) is 10.4. The Labute approximate surface area is 158 Å². The molecule has 0 radical (unpaired) electrons. The van der Waals surface area contributed by atoms with Gasteiger partial charge in [-0.15, -0.1) is 0 Å². The molecule has 0 fully saturated rings. The Morgan fingerprint density at radius 2 is 1.48 bits per heavy atom. The Hall–Kier alpha value is -1.57. The van der Waals surface area contributed by atoms with Crippen LogP contribution in [-0.4, -0.2) is 56.6 Å². The minimum Gasteiger partial charge on any atom is -0.374 e. The minimum atomic E-state index is -2.87. The molecule has 27 heavy (non-hydrogen) atoms. The van der Waals surface area contributed by atoms with Crippen LogP contribution in [0.15, 0.2) is 14.4 Å². The number of aromatic amines is 1. The van der Waals surface area contributed by atoms with Gasteiger partial charge >= 0.3 is 25.9 Å². The second kappa shape index (κ2) is 12.0. The smallest absolute Gasteiger partial charge is 0.374 e. The fourth-order valence-electron chi connectivity index (χ4n) is 2.52. The Morgan fingerprint density at radius 1 is 0.926 bits per heavy atom. The molecule has 0 saturated heterocycles. The lowest BCUT2D eigenvalue weighted by atomic mass is 10.5. The van der Waals surface area contributed by atoms with E-state index in [0.29, 0.717) is 32.3 Å². The largest absolute Gasteiger partial charge is 0.500 e. The van der Waals surface area contributed by atoms with Crippen LogP contribution in [0.25, 0.3) is 0 Å². The molecule has 0 aliphatic carbocycles. The van der Waals surface area contributed by atoms with Gasteiger partial charge in [0.05, 0.1) is 0 Å². The lowest BCUT2D eigenvalue weighted by molar-refractivity contribution is -0.0622. The summed E-state index contributed by atoms with van der Waals surface area (Å²) in [6.45, 7) is 6.55. The van der Waals surface area contributed by atoms with Gasteiger partial charge in [-0.25, -0.2) is 23.5 Å². The minimum absolute atomic E-state index is 0.0840. The molecule has 1 aromatic heterocycles. The first kappa shape index (κ1) is 23.5. The first-order valence-electron chi connectivity index (χ1n) is 8.87. The van der Waals surface area contributed by atoms with Crippen molar-refractivity contribution in [1.29, 1.82) is 0 Å². The van der Waals surface area contributed by atoms with Crippen LogP contribution in [0.5, 0.6) is 0 Å². The summed E-state index contributed by atoms with van der Waals surface area (Å²) in [5.41, 5.74) is -2.36. The van der Waals surface area contributed by atoms with E-state index in [1.54, 1.807) is 0 Å². The average molecular weight is 407 g/mol. The number of methoxy groups -OCH3 is 1. The third-order valence-corrected chi connectivity index (χ3v) is 6.70. The van der Waals surface area contributed by atoms with Crippen LogP contribution in [0.4, 0.5) is 0 Å². The van der Waals surface area contributed by atoms with Crippen molar-refractivity contribution in [3.8, 4) is 0 Å². The molecule has 0 spiro atoms.